The van der Waals surface area contributed by atoms with E-state index in [1.165, 1.54) is 10.9 Å². The predicted molar refractivity (Wildman–Crippen MR) is 107 cm³/mol. The smallest absolute Gasteiger partial charge is 0.135 e. The molecule has 0 bridgehead atoms. The molecule has 3 aromatic carbocycles. The lowest BCUT2D eigenvalue weighted by molar-refractivity contribution is 0.374. The molecule has 0 aromatic heterocycles. The van der Waals surface area contributed by atoms with Crippen molar-refractivity contribution < 1.29 is 14.2 Å². The van der Waals surface area contributed by atoms with Gasteiger partial charge in [-0.2, -0.15) is 0 Å². The molecule has 134 valence electrons. The van der Waals surface area contributed by atoms with Gasteiger partial charge < -0.3 is 14.2 Å². The highest BCUT2D eigenvalue weighted by molar-refractivity contribution is 5.98. The number of rotatable bonds is 5. The molecule has 0 saturated carbocycles. The summed E-state index contributed by atoms with van der Waals surface area (Å²) in [5.74, 6) is 1.98. The van der Waals surface area contributed by atoms with Crippen molar-refractivity contribution in [3.8, 4) is 17.2 Å². The van der Waals surface area contributed by atoms with Gasteiger partial charge in [-0.3, -0.25) is 4.99 Å². The number of fused-ring (bicyclic) bond motifs is 1. The van der Waals surface area contributed by atoms with Gasteiger partial charge in [0.2, 0.25) is 0 Å². The second-order valence-electron chi connectivity index (χ2n) is 6.09. The topological polar surface area (TPSA) is 40.0 Å². The molecule has 0 aliphatic rings. The first-order chi connectivity index (χ1) is 12.6. The van der Waals surface area contributed by atoms with Crippen LogP contribution in [0.25, 0.3) is 10.8 Å². The summed E-state index contributed by atoms with van der Waals surface area (Å²) in [6.07, 6.45) is 1.80. The Kier molecular flexibility index (Phi) is 5.12. The van der Waals surface area contributed by atoms with E-state index in [0.717, 1.165) is 22.2 Å². The molecular formula is C22H23NO3. The molecule has 4 nitrogen and oxygen atoms in total. The molecule has 26 heavy (non-hydrogen) atoms. The molecule has 0 atom stereocenters. The lowest BCUT2D eigenvalue weighted by atomic mass is 10.00. The van der Waals surface area contributed by atoms with Crippen molar-refractivity contribution in [1.82, 2.24) is 0 Å². The summed E-state index contributed by atoms with van der Waals surface area (Å²) < 4.78 is 16.3. The molecule has 0 amide bonds. The van der Waals surface area contributed by atoms with Gasteiger partial charge in [0.15, 0.2) is 0 Å². The van der Waals surface area contributed by atoms with Crippen LogP contribution < -0.4 is 14.2 Å². The highest BCUT2D eigenvalue weighted by atomic mass is 16.5. The third-order valence-electron chi connectivity index (χ3n) is 4.61. The Morgan fingerprint density at radius 1 is 0.846 bits per heavy atom. The van der Waals surface area contributed by atoms with Crippen molar-refractivity contribution in [3.63, 3.8) is 0 Å². The summed E-state index contributed by atoms with van der Waals surface area (Å²) in [4.78, 5) is 4.81. The number of ether oxygens (including phenoxy) is 3. The highest BCUT2D eigenvalue weighted by Crippen LogP contribution is 2.35. The minimum Gasteiger partial charge on any atom is -0.496 e. The number of nitrogens with zero attached hydrogens (tertiary/aromatic N) is 1. The summed E-state index contributed by atoms with van der Waals surface area (Å²) in [6, 6.07) is 14.1. The third kappa shape index (κ3) is 3.23. The van der Waals surface area contributed by atoms with Crippen molar-refractivity contribution in [2.45, 2.75) is 13.8 Å². The molecular weight excluding hydrogens is 326 g/mol. The Labute approximate surface area is 154 Å². The monoisotopic (exact) mass is 349 g/mol. The first-order valence-electron chi connectivity index (χ1n) is 8.42. The number of methoxy groups -OCH3 is 3. The first-order valence-corrected chi connectivity index (χ1v) is 8.42. The van der Waals surface area contributed by atoms with Crippen LogP contribution in [-0.2, 0) is 0 Å². The van der Waals surface area contributed by atoms with Crippen LogP contribution in [0.15, 0.2) is 47.5 Å². The fourth-order valence-electron chi connectivity index (χ4n) is 3.02. The molecule has 0 saturated heterocycles. The molecule has 0 aliphatic heterocycles. The summed E-state index contributed by atoms with van der Waals surface area (Å²) >= 11 is 0. The maximum atomic E-state index is 5.51. The zero-order valence-corrected chi connectivity index (χ0v) is 15.8. The van der Waals surface area contributed by atoms with Crippen LogP contribution in [0.3, 0.4) is 0 Å². The SMILES string of the molecule is COc1cc(OC)c(C=Nc2c(C)c(C)cc3ccccc23)c(OC)c1. The van der Waals surface area contributed by atoms with Crippen LogP contribution in [0.1, 0.15) is 16.7 Å². The average molecular weight is 349 g/mol. The van der Waals surface area contributed by atoms with E-state index in [-0.39, 0.29) is 0 Å². The van der Waals surface area contributed by atoms with Gasteiger partial charge in [-0.15, -0.1) is 0 Å². The van der Waals surface area contributed by atoms with Crippen LogP contribution in [0.4, 0.5) is 5.69 Å². The van der Waals surface area contributed by atoms with Crippen LogP contribution in [-0.4, -0.2) is 27.5 Å². The average Bonchev–Trinajstić information content (AvgIpc) is 2.67. The lowest BCUT2D eigenvalue weighted by Crippen LogP contribution is -1.97. The van der Waals surface area contributed by atoms with E-state index in [2.05, 4.69) is 32.0 Å². The van der Waals surface area contributed by atoms with E-state index < -0.39 is 0 Å². The molecule has 0 aliphatic carbocycles. The van der Waals surface area contributed by atoms with E-state index in [1.54, 1.807) is 27.5 Å². The van der Waals surface area contributed by atoms with Gasteiger partial charge in [-0.25, -0.2) is 0 Å². The van der Waals surface area contributed by atoms with Crippen molar-refractivity contribution in [1.29, 1.82) is 0 Å². The molecule has 3 aromatic rings. The summed E-state index contributed by atoms with van der Waals surface area (Å²) in [6.45, 7) is 4.20. The van der Waals surface area contributed by atoms with Gasteiger partial charge in [0.1, 0.15) is 17.2 Å². The molecule has 0 radical (unpaired) electrons. The number of benzene rings is 3. The molecule has 4 heteroatoms. The van der Waals surface area contributed by atoms with E-state index in [0.29, 0.717) is 17.2 Å². The van der Waals surface area contributed by atoms with Gasteiger partial charge in [-0.1, -0.05) is 30.3 Å². The normalized spacial score (nSPS) is 11.1. The maximum Gasteiger partial charge on any atom is 0.135 e. The Balaban J connectivity index is 2.17. The Morgan fingerprint density at radius 3 is 2.12 bits per heavy atom. The Morgan fingerprint density at radius 2 is 1.50 bits per heavy atom. The number of aryl methyl sites for hydroxylation is 1. The van der Waals surface area contributed by atoms with Crippen LogP contribution in [0.5, 0.6) is 17.2 Å². The minimum absolute atomic E-state index is 0.652. The lowest BCUT2D eigenvalue weighted by Gasteiger charge is -2.13. The van der Waals surface area contributed by atoms with Gasteiger partial charge in [0.05, 0.1) is 32.6 Å². The molecule has 0 unspecified atom stereocenters. The molecule has 0 heterocycles. The number of hydrogen-bond donors (Lipinski definition) is 0. The van der Waals surface area contributed by atoms with E-state index in [9.17, 15) is 0 Å². The number of hydrogen-bond acceptors (Lipinski definition) is 4. The molecule has 3 rings (SSSR count). The van der Waals surface area contributed by atoms with Gasteiger partial charge in [0, 0.05) is 23.7 Å². The predicted octanol–water partition coefficient (Wildman–Crippen LogP) is 5.23. The highest BCUT2D eigenvalue weighted by Gasteiger charge is 2.12. The standard InChI is InChI=1S/C22H23NO3/c1-14-10-16-8-6-7-9-18(16)22(15(14)2)23-13-19-20(25-4)11-17(24-3)12-21(19)26-5/h6-13H,1-5H3. The summed E-state index contributed by atoms with van der Waals surface area (Å²) in [5.41, 5.74) is 4.11. The quantitative estimate of drug-likeness (QED) is 0.592. The summed E-state index contributed by atoms with van der Waals surface area (Å²) in [5, 5.41) is 2.30. The zero-order valence-electron chi connectivity index (χ0n) is 15.8. The maximum absolute atomic E-state index is 5.51. The second kappa shape index (κ2) is 7.48. The fourth-order valence-corrected chi connectivity index (χ4v) is 3.02. The summed E-state index contributed by atoms with van der Waals surface area (Å²) in [7, 11) is 4.86. The van der Waals surface area contributed by atoms with Gasteiger partial charge in [-0.05, 0) is 30.4 Å². The Bertz CT molecular complexity index is 952. The van der Waals surface area contributed by atoms with Crippen LogP contribution in [0, 0.1) is 13.8 Å². The fraction of sp³-hybridized carbons (Fsp3) is 0.227. The van der Waals surface area contributed by atoms with Crippen LogP contribution in [0.2, 0.25) is 0 Å². The molecule has 0 fully saturated rings. The van der Waals surface area contributed by atoms with Crippen molar-refractivity contribution >= 4 is 22.7 Å². The van der Waals surface area contributed by atoms with Crippen LogP contribution >= 0.6 is 0 Å². The van der Waals surface area contributed by atoms with Crippen molar-refractivity contribution in [2.75, 3.05) is 21.3 Å². The minimum atomic E-state index is 0.652. The van der Waals surface area contributed by atoms with Gasteiger partial charge >= 0.3 is 0 Å². The zero-order chi connectivity index (χ0) is 18.7. The molecule has 0 spiro atoms. The molecule has 0 N–H and O–H groups in total. The largest absolute Gasteiger partial charge is 0.496 e. The van der Waals surface area contributed by atoms with E-state index in [1.807, 2.05) is 24.3 Å². The van der Waals surface area contributed by atoms with E-state index >= 15 is 0 Å². The Hall–Kier alpha value is -3.01. The number of aliphatic imine (C=N–C) groups is 1. The first kappa shape index (κ1) is 17.8. The van der Waals surface area contributed by atoms with E-state index in [4.69, 9.17) is 19.2 Å². The second-order valence-corrected chi connectivity index (χ2v) is 6.09. The van der Waals surface area contributed by atoms with Crippen molar-refractivity contribution in [2.24, 2.45) is 4.99 Å². The third-order valence-corrected chi connectivity index (χ3v) is 4.61. The van der Waals surface area contributed by atoms with Gasteiger partial charge in [0.25, 0.3) is 0 Å². The van der Waals surface area contributed by atoms with Crippen molar-refractivity contribution in [3.05, 3.63) is 59.2 Å².